The molecule has 3 atom stereocenters. The van der Waals surface area contributed by atoms with Crippen molar-refractivity contribution in [3.05, 3.63) is 80.8 Å². The second-order valence-corrected chi connectivity index (χ2v) is 9.01. The molecule has 0 aromatic heterocycles. The summed E-state index contributed by atoms with van der Waals surface area (Å²) in [5.74, 6) is 0.300. The molecule has 3 nitrogen and oxygen atoms in total. The highest BCUT2D eigenvalue weighted by Crippen LogP contribution is 2.46. The Morgan fingerprint density at radius 2 is 1.93 bits per heavy atom. The Bertz CT molecular complexity index is 892. The van der Waals surface area contributed by atoms with Gasteiger partial charge in [-0.15, -0.1) is 0 Å². The van der Waals surface area contributed by atoms with E-state index in [0.29, 0.717) is 19.0 Å². The Kier molecular flexibility index (Phi) is 5.44. The Balaban J connectivity index is 1.49. The molecule has 140 valence electrons. The average molecular weight is 490 g/mol. The van der Waals surface area contributed by atoms with Gasteiger partial charge in [-0.2, -0.15) is 0 Å². The lowest BCUT2D eigenvalue weighted by Gasteiger charge is -2.31. The van der Waals surface area contributed by atoms with Gasteiger partial charge in [-0.1, -0.05) is 67.8 Å². The van der Waals surface area contributed by atoms with Gasteiger partial charge < -0.3 is 15.3 Å². The molecule has 1 aliphatic carbocycles. The summed E-state index contributed by atoms with van der Waals surface area (Å²) < 4.78 is 2.20. The largest absolute Gasteiger partial charge is 0.389 e. The van der Waals surface area contributed by atoms with Crippen LogP contribution in [0.5, 0.6) is 0 Å². The topological polar surface area (TPSA) is 35.5 Å². The smallest absolute Gasteiger partial charge is 0.0887 e. The third-order valence-electron chi connectivity index (χ3n) is 5.18. The van der Waals surface area contributed by atoms with Crippen molar-refractivity contribution in [2.45, 2.75) is 25.0 Å². The summed E-state index contributed by atoms with van der Waals surface area (Å²) in [6.45, 7) is 3.18. The van der Waals surface area contributed by atoms with E-state index in [1.54, 1.807) is 0 Å². The molecule has 0 fully saturated rings. The van der Waals surface area contributed by atoms with E-state index in [1.807, 2.05) is 12.1 Å². The van der Waals surface area contributed by atoms with Gasteiger partial charge in [-0.25, -0.2) is 0 Å². The fourth-order valence-corrected chi connectivity index (χ4v) is 4.66. The van der Waals surface area contributed by atoms with Crippen LogP contribution < -0.4 is 10.2 Å². The van der Waals surface area contributed by atoms with Gasteiger partial charge in [0.2, 0.25) is 0 Å². The first kappa shape index (κ1) is 18.8. The number of benzene rings is 2. The number of hydrogen-bond acceptors (Lipinski definition) is 3. The molecule has 4 rings (SSSR count). The van der Waals surface area contributed by atoms with E-state index in [2.05, 4.69) is 97.6 Å². The maximum absolute atomic E-state index is 10.7. The molecule has 0 bridgehead atoms. The molecule has 0 radical (unpaired) electrons. The summed E-state index contributed by atoms with van der Waals surface area (Å²) in [4.78, 5) is 2.32. The molecule has 2 aromatic carbocycles. The van der Waals surface area contributed by atoms with Crippen LogP contribution in [0.3, 0.4) is 0 Å². The predicted octanol–water partition coefficient (Wildman–Crippen LogP) is 5.35. The highest BCUT2D eigenvalue weighted by molar-refractivity contribution is 9.12. The average Bonchev–Trinajstić information content (AvgIpc) is 2.94. The molecule has 5 heteroatoms. The monoisotopic (exact) mass is 488 g/mol. The van der Waals surface area contributed by atoms with Crippen LogP contribution in [0.1, 0.15) is 17.0 Å². The molecular formula is C22H22Br2N2O. The van der Waals surface area contributed by atoms with Crippen molar-refractivity contribution in [1.29, 1.82) is 0 Å². The summed E-state index contributed by atoms with van der Waals surface area (Å²) in [6.07, 6.45) is 6.12. The molecule has 0 spiro atoms. The molecule has 0 saturated carbocycles. The number of rotatable bonds is 5. The lowest BCUT2D eigenvalue weighted by Crippen LogP contribution is -2.41. The molecule has 2 aliphatic rings. The summed E-state index contributed by atoms with van der Waals surface area (Å²) in [7, 11) is 0. The van der Waals surface area contributed by atoms with E-state index < -0.39 is 6.10 Å². The van der Waals surface area contributed by atoms with Crippen LogP contribution in [-0.2, 0) is 0 Å². The van der Waals surface area contributed by atoms with Gasteiger partial charge in [0.1, 0.15) is 0 Å². The van der Waals surface area contributed by atoms with E-state index in [-0.39, 0.29) is 6.04 Å². The molecule has 0 amide bonds. The molecule has 27 heavy (non-hydrogen) atoms. The highest BCUT2D eigenvalue weighted by Gasteiger charge is 2.37. The molecule has 1 heterocycles. The number of aryl methyl sites for hydroxylation is 1. The quantitative estimate of drug-likeness (QED) is 0.594. The predicted molar refractivity (Wildman–Crippen MR) is 120 cm³/mol. The van der Waals surface area contributed by atoms with Gasteiger partial charge in [0, 0.05) is 39.3 Å². The van der Waals surface area contributed by atoms with Crippen molar-refractivity contribution in [2.75, 3.05) is 23.3 Å². The Morgan fingerprint density at radius 1 is 1.15 bits per heavy atom. The van der Waals surface area contributed by atoms with Gasteiger partial charge in [-0.05, 0) is 42.8 Å². The molecule has 1 aliphatic heterocycles. The Morgan fingerprint density at radius 3 is 2.70 bits per heavy atom. The number of β-amino-alcohol motifs (C(OH)–C–C–N with tert-alkyl or cyclic N) is 1. The standard InChI is InChI=1S/C22H22Br2N2O/c1-14-2-6-17(7-3-14)25-12-18(27)13-26-21-8-4-15(23)10-19(21)20-11-16(24)5-9-22(20)26/h2-11,18-19,21,25,27H,12-13H2,1H3. The zero-order valence-electron chi connectivity index (χ0n) is 15.1. The number of nitrogens with zero attached hydrogens (tertiary/aromatic N) is 1. The number of nitrogens with one attached hydrogen (secondary N) is 1. The third kappa shape index (κ3) is 4.00. The van der Waals surface area contributed by atoms with Crippen molar-refractivity contribution in [1.82, 2.24) is 0 Å². The summed E-state index contributed by atoms with van der Waals surface area (Å²) >= 11 is 7.20. The van der Waals surface area contributed by atoms with E-state index >= 15 is 0 Å². The van der Waals surface area contributed by atoms with Crippen molar-refractivity contribution < 1.29 is 5.11 Å². The molecule has 0 saturated heterocycles. The fourth-order valence-electron chi connectivity index (χ4n) is 3.84. The summed E-state index contributed by atoms with van der Waals surface area (Å²) in [5.41, 5.74) is 4.77. The van der Waals surface area contributed by atoms with Crippen molar-refractivity contribution in [3.63, 3.8) is 0 Å². The Hall–Kier alpha value is -1.56. The lowest BCUT2D eigenvalue weighted by molar-refractivity contribution is 0.191. The van der Waals surface area contributed by atoms with Crippen molar-refractivity contribution in [2.24, 2.45) is 0 Å². The number of anilines is 2. The van der Waals surface area contributed by atoms with Gasteiger partial charge in [-0.3, -0.25) is 0 Å². The van der Waals surface area contributed by atoms with Gasteiger partial charge in [0.15, 0.2) is 0 Å². The number of fused-ring (bicyclic) bond motifs is 3. The minimum absolute atomic E-state index is 0.240. The second-order valence-electron chi connectivity index (χ2n) is 7.18. The first-order valence-corrected chi connectivity index (χ1v) is 10.7. The minimum Gasteiger partial charge on any atom is -0.389 e. The van der Waals surface area contributed by atoms with E-state index in [4.69, 9.17) is 0 Å². The number of aliphatic hydroxyl groups excluding tert-OH is 1. The van der Waals surface area contributed by atoms with Crippen LogP contribution in [0.2, 0.25) is 0 Å². The van der Waals surface area contributed by atoms with Crippen LogP contribution in [0.15, 0.2) is 69.6 Å². The van der Waals surface area contributed by atoms with Crippen LogP contribution in [-0.4, -0.2) is 30.3 Å². The van der Waals surface area contributed by atoms with E-state index in [0.717, 1.165) is 14.6 Å². The number of allylic oxidation sites excluding steroid dienone is 2. The fraction of sp³-hybridized carbons (Fsp3) is 0.273. The third-order valence-corrected chi connectivity index (χ3v) is 6.20. The lowest BCUT2D eigenvalue weighted by atomic mass is 9.91. The number of hydrogen-bond donors (Lipinski definition) is 2. The normalized spacial score (nSPS) is 21.5. The van der Waals surface area contributed by atoms with Gasteiger partial charge >= 0.3 is 0 Å². The maximum Gasteiger partial charge on any atom is 0.0887 e. The SMILES string of the molecule is Cc1ccc(NCC(O)CN2c3ccc(Br)cc3C3C=C(Br)C=CC32)cc1. The van der Waals surface area contributed by atoms with E-state index in [9.17, 15) is 5.11 Å². The van der Waals surface area contributed by atoms with Crippen LogP contribution in [0, 0.1) is 6.92 Å². The first-order valence-electron chi connectivity index (χ1n) is 9.11. The molecular weight excluding hydrogens is 468 g/mol. The molecule has 3 unspecified atom stereocenters. The first-order chi connectivity index (χ1) is 13.0. The molecule has 2 N–H and O–H groups in total. The molecule has 2 aromatic rings. The number of halogens is 2. The maximum atomic E-state index is 10.7. The minimum atomic E-state index is -0.468. The van der Waals surface area contributed by atoms with Crippen LogP contribution >= 0.6 is 31.9 Å². The van der Waals surface area contributed by atoms with Crippen molar-refractivity contribution >= 4 is 43.2 Å². The Labute approximate surface area is 177 Å². The second kappa shape index (κ2) is 7.82. The summed E-state index contributed by atoms with van der Waals surface area (Å²) in [6, 6.07) is 14.9. The zero-order valence-corrected chi connectivity index (χ0v) is 18.2. The highest BCUT2D eigenvalue weighted by atomic mass is 79.9. The van der Waals surface area contributed by atoms with Gasteiger partial charge in [0.25, 0.3) is 0 Å². The van der Waals surface area contributed by atoms with E-state index in [1.165, 1.54) is 16.8 Å². The van der Waals surface area contributed by atoms with Crippen LogP contribution in [0.4, 0.5) is 11.4 Å². The van der Waals surface area contributed by atoms with Crippen molar-refractivity contribution in [3.8, 4) is 0 Å². The van der Waals surface area contributed by atoms with Gasteiger partial charge in [0.05, 0.1) is 12.1 Å². The summed E-state index contributed by atoms with van der Waals surface area (Å²) in [5, 5.41) is 14.0. The number of aliphatic hydroxyl groups is 1. The zero-order chi connectivity index (χ0) is 19.0. The van der Waals surface area contributed by atoms with Crippen LogP contribution in [0.25, 0.3) is 0 Å².